The predicted octanol–water partition coefficient (Wildman–Crippen LogP) is 5.25. The minimum absolute atomic E-state index is 0.0681. The maximum Gasteiger partial charge on any atom is 0.407 e. The van der Waals surface area contributed by atoms with Gasteiger partial charge in [0, 0.05) is 12.5 Å². The van der Waals surface area contributed by atoms with E-state index in [-0.39, 0.29) is 5.92 Å². The first-order valence-electron chi connectivity index (χ1n) is 10.9. The first-order valence-corrected chi connectivity index (χ1v) is 10.9. The number of hydrogen-bond donors (Lipinski definition) is 2. The van der Waals surface area contributed by atoms with Gasteiger partial charge in [-0.25, -0.2) is 4.79 Å². The van der Waals surface area contributed by atoms with Crippen molar-refractivity contribution in [3.05, 3.63) is 59.7 Å². The monoisotopic (exact) mass is 393 g/mol. The number of fused-ring (bicyclic) bond motifs is 3. The summed E-state index contributed by atoms with van der Waals surface area (Å²) in [6.07, 6.45) is 5.97. The van der Waals surface area contributed by atoms with Gasteiger partial charge in [0.2, 0.25) is 0 Å². The second-order valence-corrected chi connectivity index (χ2v) is 8.69. The van der Waals surface area contributed by atoms with E-state index < -0.39 is 11.7 Å². The molecule has 0 aliphatic heterocycles. The highest BCUT2D eigenvalue weighted by Crippen LogP contribution is 2.44. The Balaban J connectivity index is 1.30. The smallest absolute Gasteiger partial charge is 0.407 e. The topological polar surface area (TPSA) is 58.6 Å². The summed E-state index contributed by atoms with van der Waals surface area (Å²) in [5.41, 5.74) is 4.14. The van der Waals surface area contributed by atoms with Gasteiger partial charge < -0.3 is 15.2 Å². The minimum atomic E-state index is -0.725. The Morgan fingerprint density at radius 3 is 2.24 bits per heavy atom. The summed E-state index contributed by atoms with van der Waals surface area (Å²) < 4.78 is 5.57. The van der Waals surface area contributed by atoms with Gasteiger partial charge in [-0.15, -0.1) is 0 Å². The lowest BCUT2D eigenvalue weighted by atomic mass is 9.76. The van der Waals surface area contributed by atoms with Crippen molar-refractivity contribution in [1.82, 2.24) is 5.32 Å². The zero-order chi connectivity index (χ0) is 20.3. The van der Waals surface area contributed by atoms with Crippen LogP contribution in [0.3, 0.4) is 0 Å². The number of benzene rings is 2. The Morgan fingerprint density at radius 2 is 1.62 bits per heavy atom. The maximum absolute atomic E-state index is 12.3. The lowest BCUT2D eigenvalue weighted by Crippen LogP contribution is -2.40. The molecule has 1 amide bonds. The van der Waals surface area contributed by atoms with E-state index in [0.29, 0.717) is 25.5 Å². The van der Waals surface area contributed by atoms with Gasteiger partial charge in [0.05, 0.1) is 5.60 Å². The Bertz CT molecular complexity index is 809. The van der Waals surface area contributed by atoms with Crippen LogP contribution >= 0.6 is 0 Å². The first kappa shape index (κ1) is 20.0. The van der Waals surface area contributed by atoms with Crippen LogP contribution in [-0.2, 0) is 4.74 Å². The van der Waals surface area contributed by atoms with Crippen LogP contribution in [0.15, 0.2) is 48.5 Å². The molecule has 0 bridgehead atoms. The molecule has 1 atom stereocenters. The van der Waals surface area contributed by atoms with Crippen molar-refractivity contribution < 1.29 is 14.6 Å². The van der Waals surface area contributed by atoms with Crippen molar-refractivity contribution in [1.29, 1.82) is 0 Å². The Labute approximate surface area is 173 Å². The SMILES string of the molecule is CC(O)(CCNC(=O)OCC1c2ccccc2-c2ccccc21)C1CCCCC1. The molecular weight excluding hydrogens is 362 g/mol. The summed E-state index contributed by atoms with van der Waals surface area (Å²) >= 11 is 0. The molecule has 2 aliphatic carbocycles. The van der Waals surface area contributed by atoms with Crippen molar-refractivity contribution in [2.75, 3.05) is 13.2 Å². The van der Waals surface area contributed by atoms with Gasteiger partial charge in [-0.1, -0.05) is 67.8 Å². The van der Waals surface area contributed by atoms with Crippen LogP contribution in [0, 0.1) is 5.92 Å². The van der Waals surface area contributed by atoms with Gasteiger partial charge in [-0.05, 0) is 54.4 Å². The molecule has 0 radical (unpaired) electrons. The molecular formula is C25H31NO3. The molecule has 2 aliphatic rings. The molecule has 0 saturated heterocycles. The summed E-state index contributed by atoms with van der Waals surface area (Å²) in [5.74, 6) is 0.402. The summed E-state index contributed by atoms with van der Waals surface area (Å²) in [6.45, 7) is 2.65. The molecule has 0 spiro atoms. The second-order valence-electron chi connectivity index (χ2n) is 8.69. The van der Waals surface area contributed by atoms with E-state index in [4.69, 9.17) is 4.74 Å². The highest BCUT2D eigenvalue weighted by Gasteiger charge is 2.33. The number of ether oxygens (including phenoxy) is 1. The number of carbonyl (C=O) groups excluding carboxylic acids is 1. The summed E-state index contributed by atoms with van der Waals surface area (Å²) in [6, 6.07) is 16.6. The van der Waals surface area contributed by atoms with Crippen molar-refractivity contribution >= 4 is 6.09 Å². The van der Waals surface area contributed by atoms with Gasteiger partial charge in [0.15, 0.2) is 0 Å². The molecule has 1 saturated carbocycles. The number of alkyl carbamates (subject to hydrolysis) is 1. The van der Waals surface area contributed by atoms with Crippen LogP contribution in [0.25, 0.3) is 11.1 Å². The lowest BCUT2D eigenvalue weighted by molar-refractivity contribution is -0.0228. The Morgan fingerprint density at radius 1 is 1.03 bits per heavy atom. The van der Waals surface area contributed by atoms with E-state index in [1.165, 1.54) is 41.5 Å². The molecule has 154 valence electrons. The molecule has 1 unspecified atom stereocenters. The van der Waals surface area contributed by atoms with Crippen molar-refractivity contribution in [2.24, 2.45) is 5.92 Å². The summed E-state index contributed by atoms with van der Waals surface area (Å²) in [7, 11) is 0. The maximum atomic E-state index is 12.3. The summed E-state index contributed by atoms with van der Waals surface area (Å²) in [4.78, 5) is 12.3. The first-order chi connectivity index (χ1) is 14.1. The van der Waals surface area contributed by atoms with E-state index >= 15 is 0 Å². The Hall–Kier alpha value is -2.33. The normalized spacial score (nSPS) is 18.6. The van der Waals surface area contributed by atoms with Crippen LogP contribution in [0.1, 0.15) is 62.5 Å². The molecule has 29 heavy (non-hydrogen) atoms. The highest BCUT2D eigenvalue weighted by molar-refractivity contribution is 5.79. The van der Waals surface area contributed by atoms with Crippen molar-refractivity contribution in [3.63, 3.8) is 0 Å². The molecule has 4 nitrogen and oxygen atoms in total. The van der Waals surface area contributed by atoms with Crippen molar-refractivity contribution in [3.8, 4) is 11.1 Å². The molecule has 2 N–H and O–H groups in total. The number of aliphatic hydroxyl groups is 1. The van der Waals surface area contributed by atoms with Gasteiger partial charge in [-0.3, -0.25) is 0 Å². The van der Waals surface area contributed by atoms with E-state index in [9.17, 15) is 9.90 Å². The predicted molar refractivity (Wildman–Crippen MR) is 115 cm³/mol. The minimum Gasteiger partial charge on any atom is -0.449 e. The highest BCUT2D eigenvalue weighted by atomic mass is 16.5. The standard InChI is InChI=1S/C25H31NO3/c1-25(28,18-9-3-2-4-10-18)15-16-26-24(27)29-17-23-21-13-7-5-11-19(21)20-12-6-8-14-22(20)23/h5-8,11-14,18,23,28H,2-4,9-10,15-17H2,1H3,(H,26,27). The largest absolute Gasteiger partial charge is 0.449 e. The fourth-order valence-electron chi connectivity index (χ4n) is 5.00. The third kappa shape index (κ3) is 4.32. The molecule has 2 aromatic rings. The average molecular weight is 394 g/mol. The average Bonchev–Trinajstić information content (AvgIpc) is 3.07. The number of rotatable bonds is 6. The van der Waals surface area contributed by atoms with Crippen LogP contribution < -0.4 is 5.32 Å². The van der Waals surface area contributed by atoms with Gasteiger partial charge in [-0.2, -0.15) is 0 Å². The quantitative estimate of drug-likeness (QED) is 0.705. The fraction of sp³-hybridized carbons (Fsp3) is 0.480. The number of carbonyl (C=O) groups is 1. The van der Waals surface area contributed by atoms with Gasteiger partial charge in [0.1, 0.15) is 6.61 Å². The van der Waals surface area contributed by atoms with Crippen LogP contribution in [0.5, 0.6) is 0 Å². The van der Waals surface area contributed by atoms with E-state index in [1.807, 2.05) is 31.2 Å². The molecule has 0 heterocycles. The van der Waals surface area contributed by atoms with E-state index in [2.05, 4.69) is 29.6 Å². The van der Waals surface area contributed by atoms with Gasteiger partial charge >= 0.3 is 6.09 Å². The molecule has 0 aromatic heterocycles. The van der Waals surface area contributed by atoms with E-state index in [0.717, 1.165) is 12.8 Å². The van der Waals surface area contributed by atoms with Crippen LogP contribution in [0.2, 0.25) is 0 Å². The third-order valence-electron chi connectivity index (χ3n) is 6.73. The van der Waals surface area contributed by atoms with Gasteiger partial charge in [0.25, 0.3) is 0 Å². The number of amides is 1. The number of hydrogen-bond acceptors (Lipinski definition) is 3. The van der Waals surface area contributed by atoms with Crippen LogP contribution in [-0.4, -0.2) is 30.0 Å². The molecule has 1 fully saturated rings. The Kier molecular flexibility index (Phi) is 5.91. The number of nitrogens with one attached hydrogen (secondary N) is 1. The second kappa shape index (κ2) is 8.58. The third-order valence-corrected chi connectivity index (χ3v) is 6.73. The summed E-state index contributed by atoms with van der Waals surface area (Å²) in [5, 5.41) is 13.6. The molecule has 4 rings (SSSR count). The van der Waals surface area contributed by atoms with Crippen LogP contribution in [0.4, 0.5) is 4.79 Å². The lowest BCUT2D eigenvalue weighted by Gasteiger charge is -2.35. The van der Waals surface area contributed by atoms with Crippen molar-refractivity contribution in [2.45, 2.75) is 57.0 Å². The zero-order valence-corrected chi connectivity index (χ0v) is 17.2. The zero-order valence-electron chi connectivity index (χ0n) is 17.2. The fourth-order valence-corrected chi connectivity index (χ4v) is 5.00. The molecule has 4 heteroatoms. The molecule has 2 aromatic carbocycles. The van der Waals surface area contributed by atoms with E-state index in [1.54, 1.807) is 0 Å².